The van der Waals surface area contributed by atoms with Crippen LogP contribution < -0.4 is 10.1 Å². The van der Waals surface area contributed by atoms with Crippen molar-refractivity contribution in [3.8, 4) is 5.75 Å². The van der Waals surface area contributed by atoms with Gasteiger partial charge in [-0.25, -0.2) is 0 Å². The summed E-state index contributed by atoms with van der Waals surface area (Å²) in [4.78, 5) is 16.7. The van der Waals surface area contributed by atoms with Crippen LogP contribution in [0, 0.1) is 6.92 Å². The molecule has 0 aliphatic carbocycles. The van der Waals surface area contributed by atoms with E-state index in [9.17, 15) is 4.79 Å². The van der Waals surface area contributed by atoms with Crippen molar-refractivity contribution in [2.24, 2.45) is 0 Å². The highest BCUT2D eigenvalue weighted by Gasteiger charge is 2.43. The van der Waals surface area contributed by atoms with E-state index in [1.165, 1.54) is 0 Å². The molecular formula is C26H29N3O3S. The van der Waals surface area contributed by atoms with Crippen LogP contribution in [0.3, 0.4) is 0 Å². The lowest BCUT2D eigenvalue weighted by Crippen LogP contribution is -2.51. The molecular weight excluding hydrogens is 434 g/mol. The molecule has 2 aliphatic rings. The number of benzene rings is 2. The second-order valence-corrected chi connectivity index (χ2v) is 10.1. The van der Waals surface area contributed by atoms with Gasteiger partial charge in [0.15, 0.2) is 0 Å². The Morgan fingerprint density at radius 1 is 1.18 bits per heavy atom. The van der Waals surface area contributed by atoms with Crippen molar-refractivity contribution in [3.05, 3.63) is 77.2 Å². The zero-order valence-corrected chi connectivity index (χ0v) is 19.9. The molecule has 5 rings (SSSR count). The number of likely N-dealkylation sites (tertiary alicyclic amines) is 1. The number of carbonyl (C=O) groups is 1. The summed E-state index contributed by atoms with van der Waals surface area (Å²) in [5.74, 6) is 2.26. The third kappa shape index (κ3) is 4.80. The quantitative estimate of drug-likeness (QED) is 0.538. The molecule has 0 bridgehead atoms. The number of amides is 1. The number of fused-ring (bicyclic) bond motifs is 1. The molecule has 2 aliphatic heterocycles. The maximum atomic E-state index is 13.5. The van der Waals surface area contributed by atoms with Gasteiger partial charge >= 0.3 is 0 Å². The van der Waals surface area contributed by atoms with Crippen LogP contribution in [0.2, 0.25) is 0 Å². The van der Waals surface area contributed by atoms with E-state index in [0.717, 1.165) is 60.0 Å². The summed E-state index contributed by atoms with van der Waals surface area (Å²) in [5, 5.41) is 7.28. The van der Waals surface area contributed by atoms with Gasteiger partial charge in [0.1, 0.15) is 17.1 Å². The number of hydrogen-bond acceptors (Lipinski definition) is 6. The van der Waals surface area contributed by atoms with E-state index >= 15 is 0 Å². The lowest BCUT2D eigenvalue weighted by Gasteiger charge is -2.46. The summed E-state index contributed by atoms with van der Waals surface area (Å²) < 4.78 is 11.9. The molecule has 33 heavy (non-hydrogen) atoms. The first-order valence-electron chi connectivity index (χ1n) is 11.4. The molecule has 1 saturated heterocycles. The zero-order chi connectivity index (χ0) is 22.8. The van der Waals surface area contributed by atoms with Crippen molar-refractivity contribution in [1.82, 2.24) is 15.4 Å². The average molecular weight is 464 g/mol. The molecule has 6 nitrogen and oxygen atoms in total. The first-order chi connectivity index (χ1) is 16.0. The van der Waals surface area contributed by atoms with Crippen LogP contribution in [0.4, 0.5) is 0 Å². The number of thioether (sulfide) groups is 1. The van der Waals surface area contributed by atoms with Crippen LogP contribution in [0.5, 0.6) is 5.75 Å². The number of aromatic nitrogens is 1. The Balaban J connectivity index is 1.36. The first kappa shape index (κ1) is 22.0. The second kappa shape index (κ2) is 9.23. The predicted octanol–water partition coefficient (Wildman–Crippen LogP) is 4.99. The average Bonchev–Trinajstić information content (AvgIpc) is 3.25. The number of nitrogens with one attached hydrogen (secondary N) is 1. The molecule has 7 heteroatoms. The van der Waals surface area contributed by atoms with E-state index in [-0.39, 0.29) is 17.6 Å². The standard InChI is InChI=1S/C26H29N3O3S/c1-18-15-19(32-28-18)17-33-24-10-6-4-8-21(24)25(30)27-22-16-26(11-13-29(2)14-12-26)31-23-9-5-3-7-20(22)23/h3-10,15,22H,11-14,16-17H2,1-2H3,(H,27,30). The van der Waals surface area contributed by atoms with Gasteiger partial charge in [0.05, 0.1) is 23.1 Å². The van der Waals surface area contributed by atoms with Crippen LogP contribution in [0.15, 0.2) is 64.0 Å². The molecule has 1 N–H and O–H groups in total. The number of carbonyl (C=O) groups excluding carboxylic acids is 1. The van der Waals surface area contributed by atoms with Crippen molar-refractivity contribution >= 4 is 17.7 Å². The Labute approximate surface area is 198 Å². The number of ether oxygens (including phenoxy) is 1. The van der Waals surface area contributed by atoms with E-state index in [1.807, 2.05) is 55.5 Å². The molecule has 172 valence electrons. The third-order valence-corrected chi connectivity index (χ3v) is 7.67. The largest absolute Gasteiger partial charge is 0.487 e. The van der Waals surface area contributed by atoms with Crippen LogP contribution in [-0.2, 0) is 5.75 Å². The number of aryl methyl sites for hydroxylation is 1. The zero-order valence-electron chi connectivity index (χ0n) is 19.0. The first-order valence-corrected chi connectivity index (χ1v) is 12.4. The predicted molar refractivity (Wildman–Crippen MR) is 129 cm³/mol. The smallest absolute Gasteiger partial charge is 0.252 e. The summed E-state index contributed by atoms with van der Waals surface area (Å²) in [5.41, 5.74) is 2.37. The van der Waals surface area contributed by atoms with Crippen molar-refractivity contribution in [2.75, 3.05) is 20.1 Å². The minimum Gasteiger partial charge on any atom is -0.487 e. The summed E-state index contributed by atoms with van der Waals surface area (Å²) in [7, 11) is 2.15. The van der Waals surface area contributed by atoms with Gasteiger partial charge in [-0.2, -0.15) is 0 Å². The van der Waals surface area contributed by atoms with E-state index in [4.69, 9.17) is 9.26 Å². The van der Waals surface area contributed by atoms with E-state index in [1.54, 1.807) is 11.8 Å². The Morgan fingerprint density at radius 3 is 2.73 bits per heavy atom. The van der Waals surface area contributed by atoms with Crippen molar-refractivity contribution in [2.45, 2.75) is 48.5 Å². The topological polar surface area (TPSA) is 67.6 Å². The molecule has 1 unspecified atom stereocenters. The molecule has 1 amide bonds. The Bertz CT molecular complexity index is 1140. The fourth-order valence-electron chi connectivity index (χ4n) is 4.73. The fraction of sp³-hybridized carbons (Fsp3) is 0.385. The van der Waals surface area contributed by atoms with Crippen molar-refractivity contribution in [3.63, 3.8) is 0 Å². The van der Waals surface area contributed by atoms with E-state index in [2.05, 4.69) is 28.5 Å². The molecule has 3 aromatic rings. The van der Waals surface area contributed by atoms with E-state index in [0.29, 0.717) is 11.3 Å². The molecule has 2 aromatic carbocycles. The summed E-state index contributed by atoms with van der Waals surface area (Å²) in [6.07, 6.45) is 2.72. The number of nitrogens with zero attached hydrogens (tertiary/aromatic N) is 2. The molecule has 1 aromatic heterocycles. The SMILES string of the molecule is Cc1cc(CSc2ccccc2C(=O)NC2CC3(CCN(C)CC3)Oc3ccccc32)on1. The van der Waals surface area contributed by atoms with Gasteiger partial charge in [0, 0.05) is 36.0 Å². The van der Waals surface area contributed by atoms with Gasteiger partial charge in [-0.3, -0.25) is 4.79 Å². The number of para-hydroxylation sites is 1. The Hall–Kier alpha value is -2.77. The Morgan fingerprint density at radius 2 is 1.94 bits per heavy atom. The van der Waals surface area contributed by atoms with Gasteiger partial charge in [0.25, 0.3) is 5.91 Å². The highest BCUT2D eigenvalue weighted by atomic mass is 32.2. The number of piperidine rings is 1. The van der Waals surface area contributed by atoms with Crippen LogP contribution in [0.1, 0.15) is 52.7 Å². The minimum atomic E-state index is -0.225. The number of hydrogen-bond donors (Lipinski definition) is 1. The number of rotatable bonds is 5. The van der Waals surface area contributed by atoms with Crippen LogP contribution >= 0.6 is 11.8 Å². The van der Waals surface area contributed by atoms with Gasteiger partial charge < -0.3 is 19.5 Å². The monoisotopic (exact) mass is 463 g/mol. The minimum absolute atomic E-state index is 0.0587. The van der Waals surface area contributed by atoms with E-state index < -0.39 is 0 Å². The molecule has 1 atom stereocenters. The summed E-state index contributed by atoms with van der Waals surface area (Å²) in [6.45, 7) is 3.91. The molecule has 1 fully saturated rings. The maximum Gasteiger partial charge on any atom is 0.252 e. The lowest BCUT2D eigenvalue weighted by molar-refractivity contribution is -0.0195. The summed E-state index contributed by atoms with van der Waals surface area (Å²) in [6, 6.07) is 17.7. The van der Waals surface area contributed by atoms with Crippen LogP contribution in [0.25, 0.3) is 0 Å². The normalized spacial score (nSPS) is 19.6. The van der Waals surface area contributed by atoms with Crippen molar-refractivity contribution in [1.29, 1.82) is 0 Å². The molecule has 0 radical (unpaired) electrons. The van der Waals surface area contributed by atoms with Crippen molar-refractivity contribution < 1.29 is 14.1 Å². The molecule has 1 spiro atoms. The van der Waals surface area contributed by atoms with Gasteiger partial charge in [-0.05, 0) is 45.0 Å². The highest BCUT2D eigenvalue weighted by molar-refractivity contribution is 7.98. The lowest BCUT2D eigenvalue weighted by atomic mass is 9.80. The molecule has 3 heterocycles. The van der Waals surface area contributed by atoms with Gasteiger partial charge in [-0.1, -0.05) is 35.5 Å². The second-order valence-electron chi connectivity index (χ2n) is 9.08. The summed E-state index contributed by atoms with van der Waals surface area (Å²) >= 11 is 1.59. The maximum absolute atomic E-state index is 13.5. The fourth-order valence-corrected chi connectivity index (χ4v) is 5.65. The van der Waals surface area contributed by atoms with Gasteiger partial charge in [0.2, 0.25) is 0 Å². The van der Waals surface area contributed by atoms with Gasteiger partial charge in [-0.15, -0.1) is 11.8 Å². The highest BCUT2D eigenvalue weighted by Crippen LogP contribution is 2.44. The van der Waals surface area contributed by atoms with Crippen LogP contribution in [-0.4, -0.2) is 41.7 Å². The Kier molecular flexibility index (Phi) is 6.17. The molecule has 0 saturated carbocycles. The third-order valence-electron chi connectivity index (χ3n) is 6.58.